The molecule has 8 heteroatoms. The summed E-state index contributed by atoms with van der Waals surface area (Å²) in [6.07, 6.45) is 0. The second-order valence-corrected chi connectivity index (χ2v) is 7.34. The molecular formula is C17H18N4O3S. The molecule has 7 nitrogen and oxygen atoms in total. The van der Waals surface area contributed by atoms with E-state index in [-0.39, 0.29) is 11.9 Å². The number of rotatable bonds is 3. The zero-order chi connectivity index (χ0) is 18.3. The van der Waals surface area contributed by atoms with Crippen LogP contribution < -0.4 is 11.1 Å². The molecule has 0 saturated carbocycles. The largest absolute Gasteiger partial charge is 0.333 e. The second kappa shape index (κ2) is 6.29. The van der Waals surface area contributed by atoms with Crippen molar-refractivity contribution in [2.24, 2.45) is 0 Å². The molecule has 2 N–H and O–H groups in total. The Morgan fingerprint density at radius 2 is 1.80 bits per heavy atom. The lowest BCUT2D eigenvalue weighted by Crippen LogP contribution is -2.31. The molecule has 1 amide bonds. The zero-order valence-electron chi connectivity index (χ0n) is 14.3. The smallest absolute Gasteiger partial charge is 0.314 e. The number of fused-ring (bicyclic) bond motifs is 1. The molecule has 130 valence electrons. The van der Waals surface area contributed by atoms with Crippen LogP contribution in [0.4, 0.5) is 0 Å². The molecule has 0 bridgehead atoms. The van der Waals surface area contributed by atoms with Gasteiger partial charge in [-0.05, 0) is 39.0 Å². The first-order chi connectivity index (χ1) is 11.8. The Bertz CT molecular complexity index is 1080. The van der Waals surface area contributed by atoms with Gasteiger partial charge in [-0.15, -0.1) is 11.3 Å². The van der Waals surface area contributed by atoms with Crippen molar-refractivity contribution >= 4 is 28.3 Å². The maximum Gasteiger partial charge on any atom is 0.314 e. The normalized spacial score (nSPS) is 12.3. The molecule has 0 aliphatic carbocycles. The van der Waals surface area contributed by atoms with Crippen LogP contribution in [0.5, 0.6) is 0 Å². The molecular weight excluding hydrogens is 340 g/mol. The van der Waals surface area contributed by atoms with E-state index in [0.29, 0.717) is 16.6 Å². The van der Waals surface area contributed by atoms with E-state index in [2.05, 4.69) is 15.0 Å². The van der Waals surface area contributed by atoms with Crippen LogP contribution >= 0.6 is 11.3 Å². The Hall–Kier alpha value is -2.74. The third-order valence-corrected chi connectivity index (χ3v) is 5.11. The number of hydrogen-bond acceptors (Lipinski definition) is 5. The van der Waals surface area contributed by atoms with Gasteiger partial charge < -0.3 is 14.9 Å². The SMILES string of the molecule is Cc1nc([C@H](C)N(C)C(=O)c2ccc3[nH]c(=O)c(=O)[nH]c3c2)c(C)s1. The first kappa shape index (κ1) is 17.1. The Morgan fingerprint density at radius 3 is 2.40 bits per heavy atom. The number of H-pyrrole nitrogens is 2. The average Bonchev–Trinajstić information content (AvgIpc) is 2.92. The van der Waals surface area contributed by atoms with E-state index in [1.54, 1.807) is 41.5 Å². The monoisotopic (exact) mass is 358 g/mol. The van der Waals surface area contributed by atoms with Crippen molar-refractivity contribution < 1.29 is 4.79 Å². The predicted octanol–water partition coefficient (Wildman–Crippen LogP) is 2.12. The lowest BCUT2D eigenvalue weighted by atomic mass is 10.1. The molecule has 3 rings (SSSR count). The standard InChI is InChI=1S/C17H18N4O3S/c1-8(14-9(2)25-10(3)18-14)21(4)17(24)11-5-6-12-13(7-11)20-16(23)15(22)19-12/h5-8H,1-4H3,(H,19,22)(H,20,23)/t8-/m0/s1. The van der Waals surface area contributed by atoms with Gasteiger partial charge >= 0.3 is 11.1 Å². The summed E-state index contributed by atoms with van der Waals surface area (Å²) >= 11 is 1.60. The lowest BCUT2D eigenvalue weighted by molar-refractivity contribution is 0.0740. The summed E-state index contributed by atoms with van der Waals surface area (Å²) in [6, 6.07) is 4.62. The number of carbonyl (C=O) groups excluding carboxylic acids is 1. The summed E-state index contributed by atoms with van der Waals surface area (Å²) in [5.74, 6) is -0.188. The molecule has 3 aromatic rings. The van der Waals surface area contributed by atoms with Crippen molar-refractivity contribution in [3.63, 3.8) is 0 Å². The average molecular weight is 358 g/mol. The highest BCUT2D eigenvalue weighted by molar-refractivity contribution is 7.11. The minimum Gasteiger partial charge on any atom is -0.333 e. The van der Waals surface area contributed by atoms with Gasteiger partial charge in [0.05, 0.1) is 27.8 Å². The van der Waals surface area contributed by atoms with Gasteiger partial charge in [-0.3, -0.25) is 14.4 Å². The Kier molecular flexibility index (Phi) is 4.30. The fourth-order valence-electron chi connectivity index (χ4n) is 2.74. The number of thiazole rings is 1. The van der Waals surface area contributed by atoms with E-state index in [4.69, 9.17) is 0 Å². The van der Waals surface area contributed by atoms with E-state index in [1.807, 2.05) is 20.8 Å². The second-order valence-electron chi connectivity index (χ2n) is 5.93. The van der Waals surface area contributed by atoms with E-state index >= 15 is 0 Å². The molecule has 0 fully saturated rings. The molecule has 1 atom stereocenters. The molecule has 0 saturated heterocycles. The van der Waals surface area contributed by atoms with Crippen molar-refractivity contribution in [2.75, 3.05) is 7.05 Å². The summed E-state index contributed by atoms with van der Waals surface area (Å²) in [7, 11) is 1.72. The molecule has 0 radical (unpaired) electrons. The Labute approximate surface area is 147 Å². The van der Waals surface area contributed by atoms with Crippen LogP contribution in [0.15, 0.2) is 27.8 Å². The number of nitrogens with zero attached hydrogens (tertiary/aromatic N) is 2. The van der Waals surface area contributed by atoms with Crippen molar-refractivity contribution in [3.8, 4) is 0 Å². The molecule has 25 heavy (non-hydrogen) atoms. The Balaban J connectivity index is 1.95. The summed E-state index contributed by atoms with van der Waals surface area (Å²) in [4.78, 5) is 47.8. The first-order valence-corrected chi connectivity index (χ1v) is 8.57. The highest BCUT2D eigenvalue weighted by Crippen LogP contribution is 2.27. The molecule has 1 aromatic carbocycles. The predicted molar refractivity (Wildman–Crippen MR) is 97.3 cm³/mol. The van der Waals surface area contributed by atoms with Gasteiger partial charge in [0.1, 0.15) is 0 Å². The molecule has 2 heterocycles. The quantitative estimate of drug-likeness (QED) is 0.701. The number of aromatic amines is 2. The summed E-state index contributed by atoms with van der Waals surface area (Å²) in [5, 5.41) is 0.965. The van der Waals surface area contributed by atoms with Gasteiger partial charge in [-0.25, -0.2) is 4.98 Å². The number of carbonyl (C=O) groups is 1. The van der Waals surface area contributed by atoms with Gasteiger partial charge in [-0.2, -0.15) is 0 Å². The minimum atomic E-state index is -0.743. The number of hydrogen-bond donors (Lipinski definition) is 2. The maximum atomic E-state index is 12.8. The minimum absolute atomic E-state index is 0.178. The highest BCUT2D eigenvalue weighted by atomic mass is 32.1. The first-order valence-electron chi connectivity index (χ1n) is 7.75. The summed E-state index contributed by atoms with van der Waals surface area (Å²) in [5.41, 5.74) is 0.741. The molecule has 0 aliphatic heterocycles. The molecule has 0 spiro atoms. The van der Waals surface area contributed by atoms with E-state index in [1.165, 1.54) is 0 Å². The van der Waals surface area contributed by atoms with E-state index < -0.39 is 11.1 Å². The van der Waals surface area contributed by atoms with Gasteiger partial charge in [0.15, 0.2) is 0 Å². The number of aryl methyl sites for hydroxylation is 2. The van der Waals surface area contributed by atoms with Crippen molar-refractivity contribution in [2.45, 2.75) is 26.8 Å². The molecule has 0 unspecified atom stereocenters. The zero-order valence-corrected chi connectivity index (χ0v) is 15.2. The fraction of sp³-hybridized carbons (Fsp3) is 0.294. The summed E-state index contributed by atoms with van der Waals surface area (Å²) in [6.45, 7) is 5.86. The molecule has 2 aromatic heterocycles. The summed E-state index contributed by atoms with van der Waals surface area (Å²) < 4.78 is 0. The van der Waals surface area contributed by atoms with Crippen molar-refractivity contribution in [1.82, 2.24) is 19.9 Å². The topological polar surface area (TPSA) is 98.9 Å². The van der Waals surface area contributed by atoms with Crippen LogP contribution in [0.3, 0.4) is 0 Å². The van der Waals surface area contributed by atoms with Crippen LogP contribution in [-0.2, 0) is 0 Å². The third-order valence-electron chi connectivity index (χ3n) is 4.21. The molecule has 0 aliphatic rings. The van der Waals surface area contributed by atoms with Crippen molar-refractivity contribution in [3.05, 3.63) is 60.0 Å². The van der Waals surface area contributed by atoms with Gasteiger partial charge in [0.2, 0.25) is 0 Å². The lowest BCUT2D eigenvalue weighted by Gasteiger charge is -2.24. The number of aromatic nitrogens is 3. The van der Waals surface area contributed by atoms with Crippen LogP contribution in [0, 0.1) is 13.8 Å². The van der Waals surface area contributed by atoms with Crippen molar-refractivity contribution in [1.29, 1.82) is 0 Å². The van der Waals surface area contributed by atoms with Crippen LogP contribution in [0.1, 0.15) is 38.9 Å². The number of benzene rings is 1. The third kappa shape index (κ3) is 3.12. The Morgan fingerprint density at radius 1 is 1.16 bits per heavy atom. The van der Waals surface area contributed by atoms with E-state index in [0.717, 1.165) is 15.6 Å². The highest BCUT2D eigenvalue weighted by Gasteiger charge is 2.23. The van der Waals surface area contributed by atoms with Crippen LogP contribution in [0.25, 0.3) is 11.0 Å². The number of amides is 1. The number of nitrogens with one attached hydrogen (secondary N) is 2. The van der Waals surface area contributed by atoms with E-state index in [9.17, 15) is 14.4 Å². The van der Waals surface area contributed by atoms with Gasteiger partial charge in [0, 0.05) is 17.5 Å². The van der Waals surface area contributed by atoms with Gasteiger partial charge in [0.25, 0.3) is 5.91 Å². The van der Waals surface area contributed by atoms with Crippen LogP contribution in [-0.4, -0.2) is 32.8 Å². The maximum absolute atomic E-state index is 12.8. The fourth-order valence-corrected chi connectivity index (χ4v) is 3.65. The van der Waals surface area contributed by atoms with Gasteiger partial charge in [-0.1, -0.05) is 0 Å². The van der Waals surface area contributed by atoms with Crippen LogP contribution in [0.2, 0.25) is 0 Å².